The predicted molar refractivity (Wildman–Crippen MR) is 44.3 cm³/mol. The number of ether oxygens (including phenoxy) is 1. The van der Waals surface area contributed by atoms with Crippen LogP contribution in [-0.4, -0.2) is 31.1 Å². The topological polar surface area (TPSA) is 93.5 Å². The molecule has 1 saturated heterocycles. The second-order valence-electron chi connectivity index (χ2n) is 2.82. The van der Waals surface area contributed by atoms with E-state index in [1.807, 2.05) is 0 Å². The van der Waals surface area contributed by atoms with Crippen LogP contribution in [0.15, 0.2) is 0 Å². The van der Waals surface area contributed by atoms with Crippen molar-refractivity contribution in [2.75, 3.05) is 13.2 Å². The van der Waals surface area contributed by atoms with Crippen LogP contribution in [0, 0.1) is 0 Å². The largest absolute Gasteiger partial charge is 0.376 e. The first-order chi connectivity index (χ1) is 6.24. The lowest BCUT2D eigenvalue weighted by Crippen LogP contribution is -2.45. The molecule has 0 aliphatic carbocycles. The van der Waals surface area contributed by atoms with Crippen LogP contribution >= 0.6 is 0 Å². The van der Waals surface area contributed by atoms with E-state index in [1.54, 1.807) is 5.43 Å². The maximum absolute atomic E-state index is 10.9. The Bertz CT molecular complexity index is 201. The normalized spacial score (nSPS) is 21.2. The number of hydrogen-bond acceptors (Lipinski definition) is 4. The van der Waals surface area contributed by atoms with Crippen molar-refractivity contribution in [3.05, 3.63) is 0 Å². The number of carbonyl (C=O) groups excluding carboxylic acids is 2. The van der Waals surface area contributed by atoms with E-state index in [1.165, 1.54) is 0 Å². The van der Waals surface area contributed by atoms with Gasteiger partial charge in [0.15, 0.2) is 0 Å². The molecule has 1 rings (SSSR count). The number of nitrogens with two attached hydrogens (primary N) is 1. The lowest BCUT2D eigenvalue weighted by molar-refractivity contribution is -0.139. The minimum absolute atomic E-state index is 0.0366. The molecule has 1 aliphatic rings. The Balaban J connectivity index is 2.17. The number of carbonyl (C=O) groups is 2. The lowest BCUT2D eigenvalue weighted by Gasteiger charge is -2.09. The minimum Gasteiger partial charge on any atom is -0.376 e. The molecule has 0 saturated carbocycles. The first-order valence-corrected chi connectivity index (χ1v) is 4.14. The third-order valence-electron chi connectivity index (χ3n) is 1.85. The molecule has 0 aromatic rings. The van der Waals surface area contributed by atoms with Gasteiger partial charge in [0.05, 0.1) is 6.10 Å². The maximum Gasteiger partial charge on any atom is 0.323 e. The van der Waals surface area contributed by atoms with Gasteiger partial charge in [0, 0.05) is 13.2 Å². The molecule has 0 unspecified atom stereocenters. The van der Waals surface area contributed by atoms with Gasteiger partial charge in [0.2, 0.25) is 0 Å². The Morgan fingerprint density at radius 1 is 1.46 bits per heavy atom. The van der Waals surface area contributed by atoms with E-state index in [2.05, 4.69) is 5.32 Å². The van der Waals surface area contributed by atoms with Crippen LogP contribution in [0.25, 0.3) is 0 Å². The Morgan fingerprint density at radius 3 is 2.77 bits per heavy atom. The van der Waals surface area contributed by atoms with Gasteiger partial charge in [-0.1, -0.05) is 0 Å². The molecule has 0 spiro atoms. The Hall–Kier alpha value is -1.14. The molecule has 1 aliphatic heterocycles. The zero-order valence-corrected chi connectivity index (χ0v) is 7.21. The number of rotatable bonds is 2. The molecule has 13 heavy (non-hydrogen) atoms. The highest BCUT2D eigenvalue weighted by atomic mass is 16.5. The highest BCUT2D eigenvalue weighted by Crippen LogP contribution is 2.10. The van der Waals surface area contributed by atoms with Crippen molar-refractivity contribution in [2.24, 2.45) is 5.84 Å². The molecular formula is C7H13N3O3. The van der Waals surface area contributed by atoms with Crippen LogP contribution in [0.5, 0.6) is 0 Å². The number of hydrazine groups is 1. The van der Waals surface area contributed by atoms with Crippen LogP contribution in [0.1, 0.15) is 12.8 Å². The monoisotopic (exact) mass is 187 g/mol. The number of hydrogen-bond donors (Lipinski definition) is 3. The van der Waals surface area contributed by atoms with Crippen molar-refractivity contribution >= 4 is 11.8 Å². The van der Waals surface area contributed by atoms with Crippen molar-refractivity contribution in [3.8, 4) is 0 Å². The lowest BCUT2D eigenvalue weighted by atomic mass is 10.2. The first kappa shape index (κ1) is 9.94. The molecule has 4 N–H and O–H groups in total. The summed E-state index contributed by atoms with van der Waals surface area (Å²) in [6, 6.07) is 0. The summed E-state index contributed by atoms with van der Waals surface area (Å²) in [5.74, 6) is 3.21. The summed E-state index contributed by atoms with van der Waals surface area (Å²) in [7, 11) is 0. The van der Waals surface area contributed by atoms with Gasteiger partial charge < -0.3 is 10.1 Å². The molecule has 2 amide bonds. The third kappa shape index (κ3) is 3.00. The fraction of sp³-hybridized carbons (Fsp3) is 0.714. The van der Waals surface area contributed by atoms with E-state index in [9.17, 15) is 9.59 Å². The fourth-order valence-corrected chi connectivity index (χ4v) is 1.16. The standard InChI is InChI=1S/C7H13N3O3/c8-10-7(12)6(11)9-4-5-2-1-3-13-5/h5H,1-4,8H2,(H,9,11)(H,10,12)/t5-/m1/s1. The number of nitrogens with one attached hydrogen (secondary N) is 2. The maximum atomic E-state index is 10.9. The fourth-order valence-electron chi connectivity index (χ4n) is 1.16. The summed E-state index contributed by atoms with van der Waals surface area (Å²) in [6.45, 7) is 1.09. The van der Waals surface area contributed by atoms with Gasteiger partial charge in [-0.15, -0.1) is 0 Å². The quantitative estimate of drug-likeness (QED) is 0.207. The minimum atomic E-state index is -0.835. The molecular weight excluding hydrogens is 174 g/mol. The molecule has 1 heterocycles. The zero-order chi connectivity index (χ0) is 9.68. The van der Waals surface area contributed by atoms with E-state index < -0.39 is 11.8 Å². The van der Waals surface area contributed by atoms with E-state index in [-0.39, 0.29) is 6.10 Å². The summed E-state index contributed by atoms with van der Waals surface area (Å²) >= 11 is 0. The van der Waals surface area contributed by atoms with Gasteiger partial charge in [-0.2, -0.15) is 0 Å². The van der Waals surface area contributed by atoms with Crippen LogP contribution < -0.4 is 16.6 Å². The average Bonchev–Trinajstić information content (AvgIpc) is 2.65. The predicted octanol–water partition coefficient (Wildman–Crippen LogP) is -1.73. The van der Waals surface area contributed by atoms with Gasteiger partial charge in [-0.25, -0.2) is 5.84 Å². The van der Waals surface area contributed by atoms with Crippen molar-refractivity contribution < 1.29 is 14.3 Å². The van der Waals surface area contributed by atoms with E-state index in [0.29, 0.717) is 6.54 Å². The summed E-state index contributed by atoms with van der Waals surface area (Å²) in [4.78, 5) is 21.5. The summed E-state index contributed by atoms with van der Waals surface area (Å²) in [5, 5.41) is 2.42. The third-order valence-corrected chi connectivity index (χ3v) is 1.85. The van der Waals surface area contributed by atoms with Crippen LogP contribution in [-0.2, 0) is 14.3 Å². The molecule has 0 aromatic carbocycles. The molecule has 1 fully saturated rings. The molecule has 0 radical (unpaired) electrons. The first-order valence-electron chi connectivity index (χ1n) is 4.14. The van der Waals surface area contributed by atoms with E-state index >= 15 is 0 Å². The Labute approximate surface area is 75.8 Å². The van der Waals surface area contributed by atoms with Crippen LogP contribution in [0.3, 0.4) is 0 Å². The molecule has 0 aromatic heterocycles. The average molecular weight is 187 g/mol. The molecule has 6 nitrogen and oxygen atoms in total. The zero-order valence-electron chi connectivity index (χ0n) is 7.21. The highest BCUT2D eigenvalue weighted by Gasteiger charge is 2.18. The van der Waals surface area contributed by atoms with Gasteiger partial charge >= 0.3 is 11.8 Å². The molecule has 0 bridgehead atoms. The summed E-state index contributed by atoms with van der Waals surface area (Å²) in [5.41, 5.74) is 1.75. The summed E-state index contributed by atoms with van der Waals surface area (Å²) < 4.78 is 5.24. The Morgan fingerprint density at radius 2 is 2.23 bits per heavy atom. The second-order valence-corrected chi connectivity index (χ2v) is 2.82. The van der Waals surface area contributed by atoms with Gasteiger partial charge in [-0.05, 0) is 12.8 Å². The molecule has 6 heteroatoms. The van der Waals surface area contributed by atoms with Crippen molar-refractivity contribution in [3.63, 3.8) is 0 Å². The van der Waals surface area contributed by atoms with Gasteiger partial charge in [-0.3, -0.25) is 15.0 Å². The van der Waals surface area contributed by atoms with Crippen LogP contribution in [0.4, 0.5) is 0 Å². The smallest absolute Gasteiger partial charge is 0.323 e. The molecule has 74 valence electrons. The second kappa shape index (κ2) is 4.78. The summed E-state index contributed by atoms with van der Waals surface area (Å²) in [6.07, 6.45) is 1.96. The van der Waals surface area contributed by atoms with Crippen LogP contribution in [0.2, 0.25) is 0 Å². The van der Waals surface area contributed by atoms with Crippen molar-refractivity contribution in [1.29, 1.82) is 0 Å². The van der Waals surface area contributed by atoms with E-state index in [0.717, 1.165) is 19.4 Å². The van der Waals surface area contributed by atoms with Gasteiger partial charge in [0.25, 0.3) is 0 Å². The number of amides is 2. The van der Waals surface area contributed by atoms with Crippen molar-refractivity contribution in [2.45, 2.75) is 18.9 Å². The SMILES string of the molecule is NNC(=O)C(=O)NC[C@H]1CCCO1. The highest BCUT2D eigenvalue weighted by molar-refractivity contribution is 6.34. The van der Waals surface area contributed by atoms with E-state index in [4.69, 9.17) is 10.6 Å². The molecule has 1 atom stereocenters. The van der Waals surface area contributed by atoms with Crippen molar-refractivity contribution in [1.82, 2.24) is 10.7 Å². The van der Waals surface area contributed by atoms with Gasteiger partial charge in [0.1, 0.15) is 0 Å². The Kier molecular flexibility index (Phi) is 3.66.